The first-order valence-electron chi connectivity index (χ1n) is 7.45. The summed E-state index contributed by atoms with van der Waals surface area (Å²) in [5.74, 6) is 1.25. The number of aromatic nitrogens is 2. The Morgan fingerprint density at radius 2 is 2.18 bits per heavy atom. The van der Waals surface area contributed by atoms with Crippen LogP contribution in [0.25, 0.3) is 10.8 Å². The molecule has 1 saturated carbocycles. The molecule has 3 rings (SSSR count). The van der Waals surface area contributed by atoms with E-state index in [9.17, 15) is 0 Å². The molecule has 6 heteroatoms. The molecule has 0 bridgehead atoms. The number of anilines is 1. The van der Waals surface area contributed by atoms with Crippen molar-refractivity contribution in [3.63, 3.8) is 0 Å². The molecule has 0 radical (unpaired) electrons. The second-order valence-electron chi connectivity index (χ2n) is 5.95. The third-order valence-electron chi connectivity index (χ3n) is 3.67. The summed E-state index contributed by atoms with van der Waals surface area (Å²) in [6.07, 6.45) is 3.65. The van der Waals surface area contributed by atoms with E-state index in [2.05, 4.69) is 21.4 Å². The molecule has 0 atom stereocenters. The molecular formula is C16H19N5O. The average Bonchev–Trinajstić information content (AvgIpc) is 2.45. The topological polar surface area (TPSA) is 96.8 Å². The van der Waals surface area contributed by atoms with Crippen molar-refractivity contribution in [1.82, 2.24) is 9.97 Å². The highest BCUT2D eigenvalue weighted by Crippen LogP contribution is 2.28. The Bertz CT molecular complexity index is 731. The van der Waals surface area contributed by atoms with Gasteiger partial charge in [-0.25, -0.2) is 9.97 Å². The van der Waals surface area contributed by atoms with Crippen LogP contribution < -0.4 is 15.8 Å². The highest BCUT2D eigenvalue weighted by Gasteiger charge is 2.26. The third kappa shape index (κ3) is 2.95. The van der Waals surface area contributed by atoms with Gasteiger partial charge in [0.1, 0.15) is 17.6 Å². The minimum Gasteiger partial charge on any atom is -0.474 e. The summed E-state index contributed by atoms with van der Waals surface area (Å²) in [5.41, 5.74) is 6.13. The second kappa shape index (κ2) is 5.78. The van der Waals surface area contributed by atoms with Crippen LogP contribution in [0, 0.1) is 11.3 Å². The van der Waals surface area contributed by atoms with Gasteiger partial charge in [0.2, 0.25) is 5.88 Å². The predicted molar refractivity (Wildman–Crippen MR) is 84.6 cm³/mol. The molecule has 1 aliphatic carbocycles. The maximum atomic E-state index is 9.08. The van der Waals surface area contributed by atoms with E-state index in [1.54, 1.807) is 12.3 Å². The van der Waals surface area contributed by atoms with Crippen LogP contribution in [-0.4, -0.2) is 28.2 Å². The maximum absolute atomic E-state index is 9.08. The van der Waals surface area contributed by atoms with Crippen LogP contribution in [0.3, 0.4) is 0 Å². The summed E-state index contributed by atoms with van der Waals surface area (Å²) >= 11 is 0. The van der Waals surface area contributed by atoms with Crippen molar-refractivity contribution >= 4 is 16.6 Å². The van der Waals surface area contributed by atoms with Gasteiger partial charge in [-0.15, -0.1) is 0 Å². The summed E-state index contributed by atoms with van der Waals surface area (Å²) in [5, 5.41) is 14.2. The molecule has 0 aliphatic heterocycles. The maximum Gasteiger partial charge on any atom is 0.223 e. The van der Waals surface area contributed by atoms with Gasteiger partial charge in [0, 0.05) is 29.1 Å². The third-order valence-corrected chi connectivity index (χ3v) is 3.67. The number of hydrogen-bond acceptors (Lipinski definition) is 6. The smallest absolute Gasteiger partial charge is 0.223 e. The number of nitrogens with one attached hydrogen (secondary N) is 1. The zero-order chi connectivity index (χ0) is 15.7. The summed E-state index contributed by atoms with van der Waals surface area (Å²) in [7, 11) is 0. The van der Waals surface area contributed by atoms with Crippen molar-refractivity contribution in [2.24, 2.45) is 5.73 Å². The van der Waals surface area contributed by atoms with Gasteiger partial charge in [-0.3, -0.25) is 0 Å². The lowest BCUT2D eigenvalue weighted by atomic mass is 9.88. The van der Waals surface area contributed by atoms with Crippen LogP contribution in [0.1, 0.15) is 32.4 Å². The quantitative estimate of drug-likeness (QED) is 0.898. The number of ether oxygens (including phenoxy) is 1. The number of hydrogen-bond donors (Lipinski definition) is 2. The van der Waals surface area contributed by atoms with E-state index in [0.717, 1.165) is 29.4 Å². The molecule has 1 fully saturated rings. The Morgan fingerprint density at radius 3 is 2.82 bits per heavy atom. The SMILES string of the molecule is CC(C)Oc1nc(C#N)cc2cnc(NC3CC(N)C3)cc12. The molecule has 0 saturated heterocycles. The minimum atomic E-state index is -0.0150. The van der Waals surface area contributed by atoms with Crippen LogP contribution in [0.2, 0.25) is 0 Å². The molecule has 3 N–H and O–H groups in total. The van der Waals surface area contributed by atoms with E-state index < -0.39 is 0 Å². The molecule has 2 aromatic heterocycles. The van der Waals surface area contributed by atoms with Crippen molar-refractivity contribution in [1.29, 1.82) is 5.26 Å². The van der Waals surface area contributed by atoms with Crippen molar-refractivity contribution < 1.29 is 4.74 Å². The fraction of sp³-hybridized carbons (Fsp3) is 0.438. The summed E-state index contributed by atoms with van der Waals surface area (Å²) in [4.78, 5) is 8.67. The molecule has 0 spiro atoms. The van der Waals surface area contributed by atoms with Gasteiger partial charge < -0.3 is 15.8 Å². The first-order valence-corrected chi connectivity index (χ1v) is 7.45. The molecule has 0 unspecified atom stereocenters. The molecule has 0 amide bonds. The summed E-state index contributed by atoms with van der Waals surface area (Å²) in [6.45, 7) is 3.87. The van der Waals surface area contributed by atoms with Crippen molar-refractivity contribution in [2.45, 2.75) is 44.9 Å². The lowest BCUT2D eigenvalue weighted by Gasteiger charge is -2.33. The van der Waals surface area contributed by atoms with E-state index in [1.807, 2.05) is 19.9 Å². The van der Waals surface area contributed by atoms with E-state index in [0.29, 0.717) is 17.6 Å². The Morgan fingerprint density at radius 1 is 1.41 bits per heavy atom. The van der Waals surface area contributed by atoms with Gasteiger partial charge in [0.05, 0.1) is 6.10 Å². The Labute approximate surface area is 129 Å². The number of pyridine rings is 2. The standard InChI is InChI=1S/C16H19N5O/c1-9(2)22-16-14-6-15(20-12-4-11(18)5-12)19-8-10(14)3-13(7-17)21-16/h3,6,8-9,11-12H,4-5,18H2,1-2H3,(H,19,20). The number of rotatable bonds is 4. The van der Waals surface area contributed by atoms with Gasteiger partial charge in [0.15, 0.2) is 0 Å². The van der Waals surface area contributed by atoms with Crippen molar-refractivity contribution in [3.05, 3.63) is 24.0 Å². The van der Waals surface area contributed by atoms with Crippen molar-refractivity contribution in [3.8, 4) is 11.9 Å². The zero-order valence-electron chi connectivity index (χ0n) is 12.7. The Kier molecular flexibility index (Phi) is 3.82. The lowest BCUT2D eigenvalue weighted by molar-refractivity contribution is 0.236. The largest absolute Gasteiger partial charge is 0.474 e. The molecule has 6 nitrogen and oxygen atoms in total. The number of nitrogens with zero attached hydrogens (tertiary/aromatic N) is 3. The Hall–Kier alpha value is -2.39. The van der Waals surface area contributed by atoms with Gasteiger partial charge in [-0.2, -0.15) is 5.26 Å². The highest BCUT2D eigenvalue weighted by atomic mass is 16.5. The van der Waals surface area contributed by atoms with E-state index in [-0.39, 0.29) is 12.1 Å². The van der Waals surface area contributed by atoms with Gasteiger partial charge in [-0.05, 0) is 38.8 Å². The number of nitrogens with two attached hydrogens (primary N) is 1. The van der Waals surface area contributed by atoms with Crippen molar-refractivity contribution in [2.75, 3.05) is 5.32 Å². The van der Waals surface area contributed by atoms with Gasteiger partial charge >= 0.3 is 0 Å². The normalized spacial score (nSPS) is 20.5. The van der Waals surface area contributed by atoms with Crippen LogP contribution in [0.15, 0.2) is 18.3 Å². The molecule has 0 aromatic carbocycles. The Balaban J connectivity index is 1.96. The number of fused-ring (bicyclic) bond motifs is 1. The summed E-state index contributed by atoms with van der Waals surface area (Å²) < 4.78 is 5.75. The first-order chi connectivity index (χ1) is 10.5. The number of nitriles is 1. The molecule has 22 heavy (non-hydrogen) atoms. The van der Waals surface area contributed by atoms with E-state index in [4.69, 9.17) is 15.7 Å². The molecule has 2 aromatic rings. The van der Waals surface area contributed by atoms with E-state index in [1.165, 1.54) is 0 Å². The van der Waals surface area contributed by atoms with Gasteiger partial charge in [0.25, 0.3) is 0 Å². The molecule has 114 valence electrons. The van der Waals surface area contributed by atoms with Gasteiger partial charge in [-0.1, -0.05) is 0 Å². The minimum absolute atomic E-state index is 0.0150. The average molecular weight is 297 g/mol. The summed E-state index contributed by atoms with van der Waals surface area (Å²) in [6, 6.07) is 6.36. The first kappa shape index (κ1) is 14.5. The highest BCUT2D eigenvalue weighted by molar-refractivity contribution is 5.89. The van der Waals surface area contributed by atoms with Crippen LogP contribution in [-0.2, 0) is 0 Å². The fourth-order valence-corrected chi connectivity index (χ4v) is 2.55. The second-order valence-corrected chi connectivity index (χ2v) is 5.95. The monoisotopic (exact) mass is 297 g/mol. The van der Waals surface area contributed by atoms with Crippen LogP contribution in [0.5, 0.6) is 5.88 Å². The predicted octanol–water partition coefficient (Wildman–Crippen LogP) is 2.19. The van der Waals surface area contributed by atoms with Crippen LogP contribution >= 0.6 is 0 Å². The fourth-order valence-electron chi connectivity index (χ4n) is 2.55. The van der Waals surface area contributed by atoms with Crippen LogP contribution in [0.4, 0.5) is 5.82 Å². The lowest BCUT2D eigenvalue weighted by Crippen LogP contribution is -2.44. The van der Waals surface area contributed by atoms with E-state index >= 15 is 0 Å². The molecule has 1 aliphatic rings. The molecule has 2 heterocycles. The zero-order valence-corrected chi connectivity index (χ0v) is 12.7. The molecular weight excluding hydrogens is 278 g/mol.